The van der Waals surface area contributed by atoms with Crippen molar-refractivity contribution in [2.45, 2.75) is 32.1 Å². The number of hydrogen-bond acceptors (Lipinski definition) is 4. The van der Waals surface area contributed by atoms with Crippen molar-refractivity contribution in [2.75, 3.05) is 45.6 Å². The van der Waals surface area contributed by atoms with E-state index in [1.54, 1.807) is 6.20 Å². The van der Waals surface area contributed by atoms with Gasteiger partial charge in [-0.1, -0.05) is 12.8 Å². The van der Waals surface area contributed by atoms with Gasteiger partial charge in [-0.2, -0.15) is 0 Å². The summed E-state index contributed by atoms with van der Waals surface area (Å²) in [6.45, 7) is 3.68. The number of rotatable bonds is 6. The van der Waals surface area contributed by atoms with E-state index in [1.165, 1.54) is 12.8 Å². The van der Waals surface area contributed by atoms with Crippen LogP contribution in [0.3, 0.4) is 0 Å². The van der Waals surface area contributed by atoms with Crippen molar-refractivity contribution in [1.29, 1.82) is 0 Å². The topological polar surface area (TPSA) is 48.5 Å². The van der Waals surface area contributed by atoms with Crippen LogP contribution in [-0.4, -0.2) is 61.0 Å². The zero-order valence-electron chi connectivity index (χ0n) is 13.8. The van der Waals surface area contributed by atoms with Crippen LogP contribution in [0.4, 0.5) is 5.69 Å². The van der Waals surface area contributed by atoms with Crippen LogP contribution >= 0.6 is 0 Å². The van der Waals surface area contributed by atoms with Crippen LogP contribution in [0, 0.1) is 0 Å². The highest BCUT2D eigenvalue weighted by Gasteiger charge is 2.18. The number of amides is 1. The SMILES string of the molecule is CN(C)CCCNc1ccnc(C(=O)N2CCCCCC2)c1. The molecule has 0 spiro atoms. The molecule has 0 unspecified atom stereocenters. The van der Waals surface area contributed by atoms with Crippen LogP contribution in [0.15, 0.2) is 18.3 Å². The molecule has 1 aliphatic rings. The number of hydrogen-bond donors (Lipinski definition) is 1. The van der Waals surface area contributed by atoms with Crippen LogP contribution < -0.4 is 5.32 Å². The number of nitrogens with one attached hydrogen (secondary N) is 1. The van der Waals surface area contributed by atoms with Crippen molar-refractivity contribution in [3.63, 3.8) is 0 Å². The van der Waals surface area contributed by atoms with Gasteiger partial charge >= 0.3 is 0 Å². The Kier molecular flexibility index (Phi) is 6.65. The maximum absolute atomic E-state index is 12.6. The predicted molar refractivity (Wildman–Crippen MR) is 90.3 cm³/mol. The van der Waals surface area contributed by atoms with Gasteiger partial charge in [0.25, 0.3) is 5.91 Å². The Morgan fingerprint density at radius 1 is 1.27 bits per heavy atom. The molecule has 0 aliphatic carbocycles. The molecule has 1 N–H and O–H groups in total. The van der Waals surface area contributed by atoms with E-state index in [0.717, 1.165) is 51.1 Å². The van der Waals surface area contributed by atoms with Gasteiger partial charge in [0.1, 0.15) is 5.69 Å². The van der Waals surface area contributed by atoms with Crippen molar-refractivity contribution >= 4 is 11.6 Å². The second-order valence-electron chi connectivity index (χ2n) is 6.22. The van der Waals surface area contributed by atoms with E-state index >= 15 is 0 Å². The van der Waals surface area contributed by atoms with Crippen molar-refractivity contribution in [1.82, 2.24) is 14.8 Å². The van der Waals surface area contributed by atoms with Gasteiger partial charge < -0.3 is 15.1 Å². The van der Waals surface area contributed by atoms with Gasteiger partial charge in [0.15, 0.2) is 0 Å². The average molecular weight is 304 g/mol. The molecule has 0 radical (unpaired) electrons. The number of nitrogens with zero attached hydrogens (tertiary/aromatic N) is 3. The summed E-state index contributed by atoms with van der Waals surface area (Å²) in [6, 6.07) is 3.80. The van der Waals surface area contributed by atoms with E-state index in [9.17, 15) is 4.79 Å². The molecule has 0 aromatic carbocycles. The molecular weight excluding hydrogens is 276 g/mol. The molecule has 2 heterocycles. The van der Waals surface area contributed by atoms with Gasteiger partial charge in [-0.15, -0.1) is 0 Å². The predicted octanol–water partition coefficient (Wildman–Crippen LogP) is 2.46. The molecule has 0 saturated carbocycles. The Morgan fingerprint density at radius 3 is 2.68 bits per heavy atom. The van der Waals surface area contributed by atoms with E-state index in [2.05, 4.69) is 29.3 Å². The number of aromatic nitrogens is 1. The van der Waals surface area contributed by atoms with Crippen molar-refractivity contribution in [3.8, 4) is 0 Å². The third-order valence-corrected chi connectivity index (χ3v) is 3.98. The Hall–Kier alpha value is -1.62. The highest BCUT2D eigenvalue weighted by Crippen LogP contribution is 2.14. The Bertz CT molecular complexity index is 467. The third-order valence-electron chi connectivity index (χ3n) is 3.98. The van der Waals surface area contributed by atoms with Crippen LogP contribution in [0.5, 0.6) is 0 Å². The van der Waals surface area contributed by atoms with Gasteiger partial charge in [-0.3, -0.25) is 9.78 Å². The highest BCUT2D eigenvalue weighted by molar-refractivity contribution is 5.93. The Balaban J connectivity index is 1.90. The van der Waals surface area contributed by atoms with Gasteiger partial charge in [0.05, 0.1) is 0 Å². The van der Waals surface area contributed by atoms with E-state index in [0.29, 0.717) is 5.69 Å². The molecule has 0 atom stereocenters. The number of pyridine rings is 1. The summed E-state index contributed by atoms with van der Waals surface area (Å²) in [5.41, 5.74) is 1.53. The van der Waals surface area contributed by atoms with Crippen molar-refractivity contribution in [3.05, 3.63) is 24.0 Å². The first-order valence-electron chi connectivity index (χ1n) is 8.31. The fourth-order valence-electron chi connectivity index (χ4n) is 2.72. The summed E-state index contributed by atoms with van der Waals surface area (Å²) in [5.74, 6) is 0.0684. The first kappa shape index (κ1) is 16.7. The molecule has 1 aliphatic heterocycles. The summed E-state index contributed by atoms with van der Waals surface area (Å²) >= 11 is 0. The lowest BCUT2D eigenvalue weighted by atomic mass is 10.2. The number of likely N-dealkylation sites (tertiary alicyclic amines) is 1. The lowest BCUT2D eigenvalue weighted by Crippen LogP contribution is -2.32. The van der Waals surface area contributed by atoms with Gasteiger partial charge in [-0.25, -0.2) is 0 Å². The lowest BCUT2D eigenvalue weighted by molar-refractivity contribution is 0.0756. The molecule has 122 valence electrons. The monoisotopic (exact) mass is 304 g/mol. The maximum Gasteiger partial charge on any atom is 0.272 e. The lowest BCUT2D eigenvalue weighted by Gasteiger charge is -2.20. The van der Waals surface area contributed by atoms with Crippen LogP contribution in [0.25, 0.3) is 0 Å². The molecule has 1 amide bonds. The van der Waals surface area contributed by atoms with Crippen LogP contribution in [0.1, 0.15) is 42.6 Å². The molecule has 1 aromatic rings. The summed E-state index contributed by atoms with van der Waals surface area (Å²) in [5, 5.41) is 3.37. The standard InChI is InChI=1S/C17H28N4O/c1-20(2)11-7-9-18-15-8-10-19-16(14-15)17(22)21-12-5-3-4-6-13-21/h8,10,14H,3-7,9,11-13H2,1-2H3,(H,18,19). The molecule has 1 aromatic heterocycles. The zero-order chi connectivity index (χ0) is 15.8. The zero-order valence-corrected chi connectivity index (χ0v) is 13.8. The van der Waals surface area contributed by atoms with Crippen LogP contribution in [0.2, 0.25) is 0 Å². The summed E-state index contributed by atoms with van der Waals surface area (Å²) in [7, 11) is 4.15. The van der Waals surface area contributed by atoms with Crippen LogP contribution in [-0.2, 0) is 0 Å². The Labute approximate surface area is 133 Å². The fourth-order valence-corrected chi connectivity index (χ4v) is 2.72. The number of carbonyl (C=O) groups is 1. The number of anilines is 1. The van der Waals surface area contributed by atoms with E-state index in [1.807, 2.05) is 17.0 Å². The molecule has 22 heavy (non-hydrogen) atoms. The van der Waals surface area contributed by atoms with E-state index < -0.39 is 0 Å². The summed E-state index contributed by atoms with van der Waals surface area (Å²) in [4.78, 5) is 20.9. The molecular formula is C17H28N4O. The van der Waals surface area contributed by atoms with Gasteiger partial charge in [0.2, 0.25) is 0 Å². The number of carbonyl (C=O) groups excluding carboxylic acids is 1. The molecule has 1 fully saturated rings. The van der Waals surface area contributed by atoms with Gasteiger partial charge in [0, 0.05) is 31.5 Å². The molecule has 0 bridgehead atoms. The second kappa shape index (κ2) is 8.73. The van der Waals surface area contributed by atoms with Crippen molar-refractivity contribution in [2.24, 2.45) is 0 Å². The fraction of sp³-hybridized carbons (Fsp3) is 0.647. The first-order chi connectivity index (χ1) is 10.7. The quantitative estimate of drug-likeness (QED) is 0.820. The Morgan fingerprint density at radius 2 is 2.00 bits per heavy atom. The minimum absolute atomic E-state index is 0.0684. The third kappa shape index (κ3) is 5.30. The van der Waals surface area contributed by atoms with Gasteiger partial charge in [-0.05, 0) is 52.0 Å². The minimum atomic E-state index is 0.0684. The molecule has 2 rings (SSSR count). The summed E-state index contributed by atoms with van der Waals surface area (Å²) in [6.07, 6.45) is 7.46. The molecule has 5 nitrogen and oxygen atoms in total. The highest BCUT2D eigenvalue weighted by atomic mass is 16.2. The first-order valence-corrected chi connectivity index (χ1v) is 8.31. The average Bonchev–Trinajstić information content (AvgIpc) is 2.80. The van der Waals surface area contributed by atoms with E-state index in [-0.39, 0.29) is 5.91 Å². The molecule has 1 saturated heterocycles. The maximum atomic E-state index is 12.6. The smallest absolute Gasteiger partial charge is 0.272 e. The molecule has 5 heteroatoms. The second-order valence-corrected chi connectivity index (χ2v) is 6.22. The van der Waals surface area contributed by atoms with Crippen molar-refractivity contribution < 1.29 is 4.79 Å². The normalized spacial score (nSPS) is 15.7. The largest absolute Gasteiger partial charge is 0.385 e. The van der Waals surface area contributed by atoms with E-state index in [4.69, 9.17) is 0 Å². The minimum Gasteiger partial charge on any atom is -0.385 e. The summed E-state index contributed by atoms with van der Waals surface area (Å²) < 4.78 is 0.